The molecule has 1 rings (SSSR count). The number of urea groups is 1. The van der Waals surface area contributed by atoms with Gasteiger partial charge in [0, 0.05) is 17.5 Å². The first-order valence-corrected chi connectivity index (χ1v) is 7.09. The normalized spacial score (nSPS) is 10.5. The molecule has 0 unspecified atom stereocenters. The van der Waals surface area contributed by atoms with Gasteiger partial charge in [0.05, 0.1) is 13.0 Å². The van der Waals surface area contributed by atoms with E-state index in [0.29, 0.717) is 6.54 Å². The molecule has 6 heteroatoms. The molecule has 0 aromatic carbocycles. The lowest BCUT2D eigenvalue weighted by Crippen LogP contribution is -2.44. The number of hydrogen-bond donors (Lipinski definition) is 2. The fraction of sp³-hybridized carbons (Fsp3) is 0.538. The number of nitrogens with one attached hydrogen (secondary N) is 1. The van der Waals surface area contributed by atoms with E-state index < -0.39 is 5.97 Å². The third-order valence-electron chi connectivity index (χ3n) is 2.82. The first kappa shape index (κ1) is 15.5. The zero-order valence-corrected chi connectivity index (χ0v) is 12.3. The predicted octanol–water partition coefficient (Wildman–Crippen LogP) is 2.45. The van der Waals surface area contributed by atoms with Crippen molar-refractivity contribution in [2.75, 3.05) is 6.54 Å². The smallest absolute Gasteiger partial charge is 0.317 e. The second-order valence-corrected chi connectivity index (χ2v) is 5.62. The van der Waals surface area contributed by atoms with Crippen molar-refractivity contribution in [3.8, 4) is 0 Å². The monoisotopic (exact) mass is 284 g/mol. The van der Waals surface area contributed by atoms with Gasteiger partial charge >= 0.3 is 12.0 Å². The molecule has 0 saturated carbocycles. The Morgan fingerprint density at radius 2 is 2.16 bits per heavy atom. The van der Waals surface area contributed by atoms with E-state index in [1.165, 1.54) is 4.90 Å². The van der Waals surface area contributed by atoms with Crippen molar-refractivity contribution in [1.29, 1.82) is 0 Å². The fourth-order valence-electron chi connectivity index (χ4n) is 1.65. The first-order valence-electron chi connectivity index (χ1n) is 6.21. The van der Waals surface area contributed by atoms with Gasteiger partial charge in [-0.25, -0.2) is 4.79 Å². The molecule has 0 bridgehead atoms. The number of carbonyl (C=O) groups excluding carboxylic acids is 1. The Balaban J connectivity index is 2.52. The topological polar surface area (TPSA) is 69.6 Å². The van der Waals surface area contributed by atoms with E-state index in [0.717, 1.165) is 10.4 Å². The Kier molecular flexibility index (Phi) is 5.82. The minimum Gasteiger partial charge on any atom is -0.481 e. The predicted molar refractivity (Wildman–Crippen MR) is 75.4 cm³/mol. The van der Waals surface area contributed by atoms with Gasteiger partial charge < -0.3 is 15.3 Å². The largest absolute Gasteiger partial charge is 0.481 e. The van der Waals surface area contributed by atoms with Crippen LogP contribution in [-0.4, -0.2) is 34.6 Å². The van der Waals surface area contributed by atoms with Crippen molar-refractivity contribution < 1.29 is 14.7 Å². The zero-order valence-electron chi connectivity index (χ0n) is 11.5. The first-order chi connectivity index (χ1) is 8.91. The van der Waals surface area contributed by atoms with Crippen LogP contribution < -0.4 is 5.32 Å². The van der Waals surface area contributed by atoms with Gasteiger partial charge in [-0.3, -0.25) is 4.79 Å². The van der Waals surface area contributed by atoms with Crippen LogP contribution >= 0.6 is 11.3 Å². The van der Waals surface area contributed by atoms with Crippen LogP contribution in [0.4, 0.5) is 4.79 Å². The zero-order chi connectivity index (χ0) is 14.4. The highest BCUT2D eigenvalue weighted by molar-refractivity contribution is 7.10. The Morgan fingerprint density at radius 3 is 2.63 bits per heavy atom. The van der Waals surface area contributed by atoms with Crippen molar-refractivity contribution >= 4 is 23.3 Å². The third-order valence-corrected chi connectivity index (χ3v) is 3.84. The van der Waals surface area contributed by atoms with E-state index in [-0.39, 0.29) is 25.0 Å². The van der Waals surface area contributed by atoms with Gasteiger partial charge in [0.2, 0.25) is 0 Å². The highest BCUT2D eigenvalue weighted by Crippen LogP contribution is 2.15. The molecule has 5 nitrogen and oxygen atoms in total. The Morgan fingerprint density at radius 1 is 1.47 bits per heavy atom. The summed E-state index contributed by atoms with van der Waals surface area (Å²) >= 11 is 1.60. The lowest BCUT2D eigenvalue weighted by atomic mass is 10.3. The van der Waals surface area contributed by atoms with Gasteiger partial charge in [-0.15, -0.1) is 11.3 Å². The van der Waals surface area contributed by atoms with Crippen molar-refractivity contribution in [1.82, 2.24) is 10.2 Å². The lowest BCUT2D eigenvalue weighted by molar-refractivity contribution is -0.137. The van der Waals surface area contributed by atoms with Gasteiger partial charge in [0.15, 0.2) is 0 Å². The second-order valence-electron chi connectivity index (χ2n) is 4.62. The number of hydrogen-bond acceptors (Lipinski definition) is 3. The van der Waals surface area contributed by atoms with Gasteiger partial charge in [-0.2, -0.15) is 0 Å². The molecule has 0 spiro atoms. The molecule has 0 fully saturated rings. The number of rotatable bonds is 6. The molecule has 0 aliphatic carbocycles. The highest BCUT2D eigenvalue weighted by Gasteiger charge is 2.17. The number of amides is 2. The van der Waals surface area contributed by atoms with Gasteiger partial charge in [-0.05, 0) is 37.8 Å². The number of thiophene rings is 1. The van der Waals surface area contributed by atoms with E-state index in [1.807, 2.05) is 32.2 Å². The van der Waals surface area contributed by atoms with Crippen LogP contribution in [0.5, 0.6) is 0 Å². The van der Waals surface area contributed by atoms with Crippen molar-refractivity contribution in [3.63, 3.8) is 0 Å². The average molecular weight is 284 g/mol. The third kappa shape index (κ3) is 4.90. The van der Waals surface area contributed by atoms with E-state index in [9.17, 15) is 9.59 Å². The quantitative estimate of drug-likeness (QED) is 0.843. The maximum absolute atomic E-state index is 12.0. The van der Waals surface area contributed by atoms with Crippen LogP contribution in [0.3, 0.4) is 0 Å². The molecule has 0 aliphatic rings. The molecular formula is C13H20N2O3S. The molecule has 0 radical (unpaired) electrons. The Hall–Kier alpha value is -1.56. The van der Waals surface area contributed by atoms with Crippen LogP contribution in [0.1, 0.15) is 30.7 Å². The summed E-state index contributed by atoms with van der Waals surface area (Å²) in [4.78, 5) is 25.3. The minimum absolute atomic E-state index is 0.0243. The average Bonchev–Trinajstić information content (AvgIpc) is 2.71. The maximum Gasteiger partial charge on any atom is 0.317 e. The molecule has 2 amide bonds. The molecule has 19 heavy (non-hydrogen) atoms. The molecule has 0 aliphatic heterocycles. The summed E-state index contributed by atoms with van der Waals surface area (Å²) < 4.78 is 0. The molecule has 0 saturated heterocycles. The SMILES string of the molecule is Cc1ccsc1CNC(=O)N(CCC(=O)O)C(C)C. The van der Waals surface area contributed by atoms with Crippen LogP contribution in [0.15, 0.2) is 11.4 Å². The summed E-state index contributed by atoms with van der Waals surface area (Å²) in [6.45, 7) is 6.46. The van der Waals surface area contributed by atoms with E-state index >= 15 is 0 Å². The van der Waals surface area contributed by atoms with Crippen molar-refractivity contribution in [3.05, 3.63) is 21.9 Å². The number of carboxylic acids is 1. The number of aryl methyl sites for hydroxylation is 1. The van der Waals surface area contributed by atoms with Crippen LogP contribution in [0.2, 0.25) is 0 Å². The van der Waals surface area contributed by atoms with Crippen LogP contribution in [-0.2, 0) is 11.3 Å². The number of aliphatic carboxylic acids is 1. The lowest BCUT2D eigenvalue weighted by Gasteiger charge is -2.26. The molecule has 1 heterocycles. The van der Waals surface area contributed by atoms with Gasteiger partial charge in [0.25, 0.3) is 0 Å². The van der Waals surface area contributed by atoms with Crippen molar-refractivity contribution in [2.24, 2.45) is 0 Å². The molecule has 106 valence electrons. The van der Waals surface area contributed by atoms with Gasteiger partial charge in [-0.1, -0.05) is 0 Å². The Bertz CT molecular complexity index is 443. The van der Waals surface area contributed by atoms with E-state index in [2.05, 4.69) is 5.32 Å². The van der Waals surface area contributed by atoms with Crippen LogP contribution in [0.25, 0.3) is 0 Å². The Labute approximate surface area is 117 Å². The summed E-state index contributed by atoms with van der Waals surface area (Å²) in [5.41, 5.74) is 1.16. The van der Waals surface area contributed by atoms with Crippen molar-refractivity contribution in [2.45, 2.75) is 39.8 Å². The van der Waals surface area contributed by atoms with E-state index in [1.54, 1.807) is 11.3 Å². The number of nitrogens with zero attached hydrogens (tertiary/aromatic N) is 1. The number of carbonyl (C=O) groups is 2. The van der Waals surface area contributed by atoms with Crippen LogP contribution in [0, 0.1) is 6.92 Å². The molecule has 0 atom stereocenters. The van der Waals surface area contributed by atoms with Gasteiger partial charge in [0.1, 0.15) is 0 Å². The minimum atomic E-state index is -0.896. The van der Waals surface area contributed by atoms with E-state index in [4.69, 9.17) is 5.11 Å². The second kappa shape index (κ2) is 7.13. The summed E-state index contributed by atoms with van der Waals surface area (Å²) in [6.07, 6.45) is -0.0381. The number of carboxylic acid groups (broad SMARTS) is 1. The fourth-order valence-corrected chi connectivity index (χ4v) is 2.50. The summed E-state index contributed by atoms with van der Waals surface area (Å²) in [7, 11) is 0. The maximum atomic E-state index is 12.0. The highest BCUT2D eigenvalue weighted by atomic mass is 32.1. The summed E-state index contributed by atoms with van der Waals surface area (Å²) in [5, 5.41) is 13.5. The molecule has 1 aromatic rings. The molecule has 2 N–H and O–H groups in total. The summed E-state index contributed by atoms with van der Waals surface area (Å²) in [5.74, 6) is -0.896. The standard InChI is InChI=1S/C13H20N2O3S/c1-9(2)15(6-4-12(16)17)13(18)14-8-11-10(3)5-7-19-11/h5,7,9H,4,6,8H2,1-3H3,(H,14,18)(H,16,17). The molecule has 1 aromatic heterocycles. The summed E-state index contributed by atoms with van der Waals surface area (Å²) in [6, 6.07) is 1.77. The molecular weight excluding hydrogens is 264 g/mol.